The van der Waals surface area contributed by atoms with Crippen LogP contribution in [0.4, 0.5) is 0 Å². The Morgan fingerprint density at radius 2 is 2.41 bits per heavy atom. The standard InChI is InChI=1S/C14H18N2O/c1-11-5-4-7-16-13(11)10-15-14(16)9-12-6-2-3-8-17-12/h4-5,7,10,12H,2-3,6,8-9H2,1H3. The zero-order valence-corrected chi connectivity index (χ0v) is 10.2. The number of aryl methyl sites for hydroxylation is 1. The number of hydrogen-bond donors (Lipinski definition) is 0. The number of imidazole rings is 1. The van der Waals surface area contributed by atoms with Gasteiger partial charge < -0.3 is 9.14 Å². The highest BCUT2D eigenvalue weighted by Crippen LogP contribution is 2.18. The Balaban J connectivity index is 1.87. The van der Waals surface area contributed by atoms with Crippen LogP contribution in [0, 0.1) is 6.92 Å². The van der Waals surface area contributed by atoms with Crippen LogP contribution in [0.2, 0.25) is 0 Å². The third-order valence-corrected chi connectivity index (χ3v) is 3.54. The van der Waals surface area contributed by atoms with Gasteiger partial charge in [0.25, 0.3) is 0 Å². The van der Waals surface area contributed by atoms with Crippen molar-refractivity contribution >= 4 is 5.52 Å². The summed E-state index contributed by atoms with van der Waals surface area (Å²) in [6.45, 7) is 3.03. The average molecular weight is 230 g/mol. The molecule has 0 bridgehead atoms. The van der Waals surface area contributed by atoms with Crippen molar-refractivity contribution < 1.29 is 4.74 Å². The van der Waals surface area contributed by atoms with Gasteiger partial charge in [0, 0.05) is 19.2 Å². The summed E-state index contributed by atoms with van der Waals surface area (Å²) in [6.07, 6.45) is 9.00. The van der Waals surface area contributed by atoms with E-state index in [4.69, 9.17) is 4.74 Å². The van der Waals surface area contributed by atoms with E-state index >= 15 is 0 Å². The number of fused-ring (bicyclic) bond motifs is 1. The fourth-order valence-corrected chi connectivity index (χ4v) is 2.54. The van der Waals surface area contributed by atoms with E-state index in [0.717, 1.165) is 18.9 Å². The van der Waals surface area contributed by atoms with E-state index in [1.54, 1.807) is 0 Å². The number of aromatic nitrogens is 2. The first-order valence-corrected chi connectivity index (χ1v) is 6.38. The van der Waals surface area contributed by atoms with Gasteiger partial charge in [-0.25, -0.2) is 4.98 Å². The van der Waals surface area contributed by atoms with E-state index in [2.05, 4.69) is 34.6 Å². The summed E-state index contributed by atoms with van der Waals surface area (Å²) < 4.78 is 7.96. The maximum Gasteiger partial charge on any atom is 0.115 e. The van der Waals surface area contributed by atoms with Gasteiger partial charge in [0.2, 0.25) is 0 Å². The lowest BCUT2D eigenvalue weighted by Crippen LogP contribution is -2.22. The van der Waals surface area contributed by atoms with Crippen molar-refractivity contribution in [1.82, 2.24) is 9.38 Å². The number of pyridine rings is 1. The highest BCUT2D eigenvalue weighted by Gasteiger charge is 2.17. The van der Waals surface area contributed by atoms with Gasteiger partial charge in [-0.15, -0.1) is 0 Å². The van der Waals surface area contributed by atoms with Gasteiger partial charge >= 0.3 is 0 Å². The SMILES string of the molecule is Cc1cccn2c(CC3CCCCO3)ncc12. The first kappa shape index (κ1) is 10.8. The zero-order valence-electron chi connectivity index (χ0n) is 10.2. The minimum Gasteiger partial charge on any atom is -0.378 e. The van der Waals surface area contributed by atoms with Gasteiger partial charge in [-0.05, 0) is 37.8 Å². The molecule has 3 nitrogen and oxygen atoms in total. The quantitative estimate of drug-likeness (QED) is 0.793. The Hall–Kier alpha value is -1.35. The molecule has 3 heterocycles. The van der Waals surface area contributed by atoms with Crippen molar-refractivity contribution in [2.75, 3.05) is 6.61 Å². The molecule has 90 valence electrons. The fraction of sp³-hybridized carbons (Fsp3) is 0.500. The molecule has 1 unspecified atom stereocenters. The minimum absolute atomic E-state index is 0.356. The largest absolute Gasteiger partial charge is 0.378 e. The van der Waals surface area contributed by atoms with E-state index in [9.17, 15) is 0 Å². The summed E-state index contributed by atoms with van der Waals surface area (Å²) in [5.74, 6) is 1.12. The predicted octanol–water partition coefficient (Wildman–Crippen LogP) is 2.75. The molecule has 0 spiro atoms. The maximum absolute atomic E-state index is 5.78. The molecule has 3 heteroatoms. The Morgan fingerprint density at radius 1 is 1.47 bits per heavy atom. The smallest absolute Gasteiger partial charge is 0.115 e. The van der Waals surface area contributed by atoms with Crippen molar-refractivity contribution in [3.05, 3.63) is 35.9 Å². The molecular formula is C14H18N2O. The van der Waals surface area contributed by atoms with E-state index in [0.29, 0.717) is 6.10 Å². The summed E-state index contributed by atoms with van der Waals surface area (Å²) in [6, 6.07) is 4.20. The molecule has 1 aliphatic rings. The van der Waals surface area contributed by atoms with Gasteiger partial charge in [-0.1, -0.05) is 6.07 Å². The summed E-state index contributed by atoms with van der Waals surface area (Å²) in [4.78, 5) is 4.53. The van der Waals surface area contributed by atoms with Crippen LogP contribution in [0.15, 0.2) is 24.5 Å². The van der Waals surface area contributed by atoms with Crippen LogP contribution in [0.25, 0.3) is 5.52 Å². The Bertz CT molecular complexity index is 512. The van der Waals surface area contributed by atoms with Crippen LogP contribution in [-0.2, 0) is 11.2 Å². The van der Waals surface area contributed by atoms with Crippen molar-refractivity contribution in [3.63, 3.8) is 0 Å². The molecule has 1 aliphatic heterocycles. The second-order valence-corrected chi connectivity index (χ2v) is 4.81. The van der Waals surface area contributed by atoms with Crippen molar-refractivity contribution in [2.45, 2.75) is 38.7 Å². The molecule has 0 saturated carbocycles. The van der Waals surface area contributed by atoms with Crippen LogP contribution in [0.5, 0.6) is 0 Å². The van der Waals surface area contributed by atoms with Gasteiger partial charge in [0.15, 0.2) is 0 Å². The number of hydrogen-bond acceptors (Lipinski definition) is 2. The van der Waals surface area contributed by atoms with Crippen molar-refractivity contribution in [2.24, 2.45) is 0 Å². The van der Waals surface area contributed by atoms with Gasteiger partial charge in [-0.2, -0.15) is 0 Å². The molecule has 0 aromatic carbocycles. The topological polar surface area (TPSA) is 26.5 Å². The molecule has 0 aliphatic carbocycles. The van der Waals surface area contributed by atoms with E-state index in [-0.39, 0.29) is 0 Å². The lowest BCUT2D eigenvalue weighted by molar-refractivity contribution is 0.0156. The minimum atomic E-state index is 0.356. The molecule has 1 atom stereocenters. The molecular weight excluding hydrogens is 212 g/mol. The van der Waals surface area contributed by atoms with Crippen molar-refractivity contribution in [3.8, 4) is 0 Å². The number of rotatable bonds is 2. The Morgan fingerprint density at radius 3 is 3.24 bits per heavy atom. The van der Waals surface area contributed by atoms with Crippen LogP contribution < -0.4 is 0 Å². The molecule has 1 saturated heterocycles. The normalized spacial score (nSPS) is 20.9. The van der Waals surface area contributed by atoms with E-state index in [1.807, 2.05) is 6.20 Å². The molecule has 0 radical (unpaired) electrons. The lowest BCUT2D eigenvalue weighted by atomic mass is 10.1. The monoisotopic (exact) mass is 230 g/mol. The number of nitrogens with zero attached hydrogens (tertiary/aromatic N) is 2. The molecule has 2 aromatic heterocycles. The summed E-state index contributed by atoms with van der Waals surface area (Å²) in [5, 5.41) is 0. The fourth-order valence-electron chi connectivity index (χ4n) is 2.54. The number of ether oxygens (including phenoxy) is 1. The molecule has 17 heavy (non-hydrogen) atoms. The molecule has 0 N–H and O–H groups in total. The van der Waals surface area contributed by atoms with E-state index in [1.165, 1.54) is 30.3 Å². The second kappa shape index (κ2) is 4.49. The third-order valence-electron chi connectivity index (χ3n) is 3.54. The van der Waals surface area contributed by atoms with Crippen LogP contribution >= 0.6 is 0 Å². The van der Waals surface area contributed by atoms with Crippen LogP contribution in [-0.4, -0.2) is 22.1 Å². The van der Waals surface area contributed by atoms with Gasteiger partial charge in [0.1, 0.15) is 5.82 Å². The van der Waals surface area contributed by atoms with Gasteiger partial charge in [0.05, 0.1) is 17.8 Å². The molecule has 1 fully saturated rings. The summed E-state index contributed by atoms with van der Waals surface area (Å²) in [7, 11) is 0. The average Bonchev–Trinajstić information content (AvgIpc) is 2.76. The van der Waals surface area contributed by atoms with E-state index < -0.39 is 0 Å². The first-order chi connectivity index (χ1) is 8.34. The summed E-state index contributed by atoms with van der Waals surface area (Å²) >= 11 is 0. The second-order valence-electron chi connectivity index (χ2n) is 4.81. The Kier molecular flexibility index (Phi) is 2.85. The third kappa shape index (κ3) is 2.07. The highest BCUT2D eigenvalue weighted by atomic mass is 16.5. The molecule has 3 rings (SSSR count). The summed E-state index contributed by atoms with van der Waals surface area (Å²) in [5.41, 5.74) is 2.48. The molecule has 0 amide bonds. The Labute approximate surface area is 101 Å². The highest BCUT2D eigenvalue weighted by molar-refractivity contribution is 5.53. The lowest BCUT2D eigenvalue weighted by Gasteiger charge is -2.21. The molecule has 2 aromatic rings. The maximum atomic E-state index is 5.78. The zero-order chi connectivity index (χ0) is 11.7. The predicted molar refractivity (Wildman–Crippen MR) is 67.2 cm³/mol. The first-order valence-electron chi connectivity index (χ1n) is 6.38. The van der Waals surface area contributed by atoms with Gasteiger partial charge in [-0.3, -0.25) is 0 Å². The van der Waals surface area contributed by atoms with Crippen LogP contribution in [0.1, 0.15) is 30.7 Å². The van der Waals surface area contributed by atoms with Crippen molar-refractivity contribution in [1.29, 1.82) is 0 Å². The van der Waals surface area contributed by atoms with Crippen LogP contribution in [0.3, 0.4) is 0 Å².